The molecule has 2 atom stereocenters. The smallest absolute Gasteiger partial charge is 0.00766 e. The Bertz CT molecular complexity index is 253. The van der Waals surface area contributed by atoms with Gasteiger partial charge in [-0.3, -0.25) is 0 Å². The molecule has 0 amide bonds. The van der Waals surface area contributed by atoms with Crippen molar-refractivity contribution < 1.29 is 0 Å². The Morgan fingerprint density at radius 3 is 2.42 bits per heavy atom. The van der Waals surface area contributed by atoms with Crippen LogP contribution >= 0.6 is 0 Å². The van der Waals surface area contributed by atoms with Crippen LogP contribution in [0.5, 0.6) is 0 Å². The van der Waals surface area contributed by atoms with Gasteiger partial charge in [-0.15, -0.1) is 0 Å². The number of hydrogen-bond donors (Lipinski definition) is 1. The molecule has 1 heteroatoms. The molecule has 0 aliphatic rings. The number of hydrogen-bond acceptors (Lipinski definition) is 1. The summed E-state index contributed by atoms with van der Waals surface area (Å²) in [4.78, 5) is 0. The van der Waals surface area contributed by atoms with E-state index in [2.05, 4.69) is 38.1 Å². The van der Waals surface area contributed by atoms with E-state index in [0.29, 0.717) is 5.92 Å². The van der Waals surface area contributed by atoms with Crippen LogP contribution in [0.4, 0.5) is 0 Å². The Hall–Kier alpha value is -0.820. The topological polar surface area (TPSA) is 26.0 Å². The molecule has 0 fully saturated rings. The van der Waals surface area contributed by atoms with Crippen LogP contribution in [0, 0.1) is 6.92 Å². The second kappa shape index (κ2) is 3.72. The molecule has 0 saturated carbocycles. The van der Waals surface area contributed by atoms with Crippen molar-refractivity contribution in [2.75, 3.05) is 0 Å². The van der Waals surface area contributed by atoms with E-state index in [0.717, 1.165) is 0 Å². The maximum Gasteiger partial charge on any atom is 0.00766 e. The van der Waals surface area contributed by atoms with E-state index in [1.807, 2.05) is 6.92 Å². The zero-order valence-electron chi connectivity index (χ0n) is 8.04. The molecule has 0 spiro atoms. The van der Waals surface area contributed by atoms with Crippen LogP contribution in [0.2, 0.25) is 0 Å². The van der Waals surface area contributed by atoms with Gasteiger partial charge in [-0.25, -0.2) is 0 Å². The van der Waals surface area contributed by atoms with E-state index >= 15 is 0 Å². The Labute approximate surface area is 74.6 Å². The van der Waals surface area contributed by atoms with E-state index in [4.69, 9.17) is 5.73 Å². The monoisotopic (exact) mass is 163 g/mol. The first-order chi connectivity index (χ1) is 5.61. The quantitative estimate of drug-likeness (QED) is 0.712. The summed E-state index contributed by atoms with van der Waals surface area (Å²) >= 11 is 0. The number of nitrogens with two attached hydrogens (primary N) is 1. The Balaban J connectivity index is 2.88. The molecule has 12 heavy (non-hydrogen) atoms. The molecular weight excluding hydrogens is 146 g/mol. The van der Waals surface area contributed by atoms with Crippen LogP contribution in [0.15, 0.2) is 24.3 Å². The summed E-state index contributed by atoms with van der Waals surface area (Å²) in [6.07, 6.45) is 0. The third-order valence-corrected chi connectivity index (χ3v) is 2.36. The van der Waals surface area contributed by atoms with E-state index in [9.17, 15) is 0 Å². The fourth-order valence-corrected chi connectivity index (χ4v) is 1.26. The van der Waals surface area contributed by atoms with Gasteiger partial charge in [-0.2, -0.15) is 0 Å². The minimum Gasteiger partial charge on any atom is -0.327 e. The lowest BCUT2D eigenvalue weighted by molar-refractivity contribution is 0.613. The summed E-state index contributed by atoms with van der Waals surface area (Å²) < 4.78 is 0. The molecule has 0 radical (unpaired) electrons. The van der Waals surface area contributed by atoms with Gasteiger partial charge in [0.2, 0.25) is 0 Å². The summed E-state index contributed by atoms with van der Waals surface area (Å²) in [5.74, 6) is 0.449. The standard InChI is InChI=1S/C11H17N/c1-8-5-4-6-11(7-8)9(2)10(3)12/h4-7,9-10H,12H2,1-3H3. The number of aryl methyl sites for hydroxylation is 1. The van der Waals surface area contributed by atoms with E-state index < -0.39 is 0 Å². The largest absolute Gasteiger partial charge is 0.327 e. The highest BCUT2D eigenvalue weighted by Gasteiger charge is 2.09. The van der Waals surface area contributed by atoms with Crippen molar-refractivity contribution in [1.29, 1.82) is 0 Å². The molecule has 2 unspecified atom stereocenters. The van der Waals surface area contributed by atoms with Crippen LogP contribution in [0.3, 0.4) is 0 Å². The number of rotatable bonds is 2. The van der Waals surface area contributed by atoms with Gasteiger partial charge in [0.05, 0.1) is 0 Å². The van der Waals surface area contributed by atoms with Crippen molar-refractivity contribution in [3.8, 4) is 0 Å². The zero-order chi connectivity index (χ0) is 9.14. The normalized spacial score (nSPS) is 15.7. The summed E-state index contributed by atoms with van der Waals surface area (Å²) in [6.45, 7) is 6.32. The van der Waals surface area contributed by atoms with Crippen molar-refractivity contribution in [3.05, 3.63) is 35.4 Å². The minimum atomic E-state index is 0.229. The van der Waals surface area contributed by atoms with Crippen molar-refractivity contribution in [2.24, 2.45) is 5.73 Å². The molecule has 0 heterocycles. The highest BCUT2D eigenvalue weighted by atomic mass is 14.6. The first kappa shape index (κ1) is 9.27. The third-order valence-electron chi connectivity index (χ3n) is 2.36. The van der Waals surface area contributed by atoms with Crippen molar-refractivity contribution in [1.82, 2.24) is 0 Å². The van der Waals surface area contributed by atoms with Gasteiger partial charge in [-0.05, 0) is 25.3 Å². The highest BCUT2D eigenvalue weighted by Crippen LogP contribution is 2.18. The Morgan fingerprint density at radius 2 is 1.92 bits per heavy atom. The van der Waals surface area contributed by atoms with Crippen LogP contribution in [0.1, 0.15) is 30.9 Å². The molecule has 66 valence electrons. The fourth-order valence-electron chi connectivity index (χ4n) is 1.26. The molecule has 1 aromatic rings. The van der Waals surface area contributed by atoms with Gasteiger partial charge in [0.15, 0.2) is 0 Å². The van der Waals surface area contributed by atoms with Gasteiger partial charge >= 0.3 is 0 Å². The predicted molar refractivity (Wildman–Crippen MR) is 53.2 cm³/mol. The lowest BCUT2D eigenvalue weighted by atomic mass is 9.94. The molecule has 0 bridgehead atoms. The van der Waals surface area contributed by atoms with Crippen LogP contribution in [-0.2, 0) is 0 Å². The van der Waals surface area contributed by atoms with E-state index in [1.165, 1.54) is 11.1 Å². The SMILES string of the molecule is Cc1cccc(C(C)C(C)N)c1. The van der Waals surface area contributed by atoms with E-state index in [-0.39, 0.29) is 6.04 Å². The molecule has 0 aromatic heterocycles. The zero-order valence-corrected chi connectivity index (χ0v) is 8.04. The average Bonchev–Trinajstić information content (AvgIpc) is 2.03. The summed E-state index contributed by atoms with van der Waals surface area (Å²) in [5, 5.41) is 0. The third kappa shape index (κ3) is 2.08. The second-order valence-corrected chi connectivity index (χ2v) is 3.56. The maximum absolute atomic E-state index is 5.82. The molecular formula is C11H17N. The Morgan fingerprint density at radius 1 is 1.25 bits per heavy atom. The summed E-state index contributed by atoms with van der Waals surface area (Å²) in [6, 6.07) is 8.77. The van der Waals surface area contributed by atoms with Gasteiger partial charge in [0.1, 0.15) is 0 Å². The predicted octanol–water partition coefficient (Wildman–Crippen LogP) is 2.45. The molecule has 1 rings (SSSR count). The van der Waals surface area contributed by atoms with Crippen LogP contribution in [0.25, 0.3) is 0 Å². The highest BCUT2D eigenvalue weighted by molar-refractivity contribution is 5.25. The van der Waals surface area contributed by atoms with Crippen LogP contribution < -0.4 is 5.73 Å². The average molecular weight is 163 g/mol. The van der Waals surface area contributed by atoms with Crippen molar-refractivity contribution >= 4 is 0 Å². The van der Waals surface area contributed by atoms with Crippen molar-refractivity contribution in [3.63, 3.8) is 0 Å². The second-order valence-electron chi connectivity index (χ2n) is 3.56. The molecule has 0 aliphatic carbocycles. The number of benzene rings is 1. The first-order valence-electron chi connectivity index (χ1n) is 4.43. The van der Waals surface area contributed by atoms with Crippen molar-refractivity contribution in [2.45, 2.75) is 32.7 Å². The fraction of sp³-hybridized carbons (Fsp3) is 0.455. The minimum absolute atomic E-state index is 0.229. The molecule has 1 nitrogen and oxygen atoms in total. The van der Waals surface area contributed by atoms with Gasteiger partial charge in [-0.1, -0.05) is 36.8 Å². The lowest BCUT2D eigenvalue weighted by Crippen LogP contribution is -2.22. The van der Waals surface area contributed by atoms with Crippen LogP contribution in [-0.4, -0.2) is 6.04 Å². The van der Waals surface area contributed by atoms with Gasteiger partial charge < -0.3 is 5.73 Å². The molecule has 1 aromatic carbocycles. The molecule has 2 N–H and O–H groups in total. The van der Waals surface area contributed by atoms with E-state index in [1.54, 1.807) is 0 Å². The van der Waals surface area contributed by atoms with Gasteiger partial charge in [0, 0.05) is 6.04 Å². The molecule has 0 saturated heterocycles. The van der Waals surface area contributed by atoms with Gasteiger partial charge in [0.25, 0.3) is 0 Å². The summed E-state index contributed by atoms with van der Waals surface area (Å²) in [7, 11) is 0. The maximum atomic E-state index is 5.82. The lowest BCUT2D eigenvalue weighted by Gasteiger charge is -2.16. The Kier molecular flexibility index (Phi) is 2.88. The summed E-state index contributed by atoms with van der Waals surface area (Å²) in [5.41, 5.74) is 8.46. The molecule has 0 aliphatic heterocycles. The first-order valence-corrected chi connectivity index (χ1v) is 4.43.